The van der Waals surface area contributed by atoms with Gasteiger partial charge >= 0.3 is 0 Å². The van der Waals surface area contributed by atoms with E-state index in [4.69, 9.17) is 5.73 Å². The molecule has 0 aromatic rings. The Kier molecular flexibility index (Phi) is 5.01. The van der Waals surface area contributed by atoms with E-state index in [1.54, 1.807) is 0 Å². The van der Waals surface area contributed by atoms with Gasteiger partial charge < -0.3 is 5.73 Å². The van der Waals surface area contributed by atoms with Crippen LogP contribution in [0.15, 0.2) is 0 Å². The molecule has 1 atom stereocenters. The van der Waals surface area contributed by atoms with Crippen molar-refractivity contribution in [2.45, 2.75) is 32.9 Å². The first-order chi connectivity index (χ1) is 3.81. The molecule has 8 heavy (non-hydrogen) atoms. The molecule has 0 spiro atoms. The molecule has 0 heterocycles. The lowest BCUT2D eigenvalue weighted by Gasteiger charge is -2.08. The van der Waals surface area contributed by atoms with Gasteiger partial charge in [-0.1, -0.05) is 13.8 Å². The third-order valence-electron chi connectivity index (χ3n) is 0.976. The van der Waals surface area contributed by atoms with E-state index in [0.717, 1.165) is 12.8 Å². The molecule has 0 bridgehead atoms. The molecule has 2 nitrogen and oxygen atoms in total. The maximum absolute atomic E-state index is 5.52. The van der Waals surface area contributed by atoms with E-state index in [9.17, 15) is 0 Å². The molecular formula is C6H15N2. The first kappa shape index (κ1) is 7.92. The lowest BCUT2D eigenvalue weighted by atomic mass is 10.4. The molecule has 0 saturated heterocycles. The summed E-state index contributed by atoms with van der Waals surface area (Å²) in [5.41, 5.74) is 5.52. The van der Waals surface area contributed by atoms with Crippen LogP contribution in [-0.4, -0.2) is 6.17 Å². The first-order valence-electron chi connectivity index (χ1n) is 3.14. The third-order valence-corrected chi connectivity index (χ3v) is 0.976. The number of nitrogens with two attached hydrogens (primary N) is 1. The summed E-state index contributed by atoms with van der Waals surface area (Å²) in [5, 5.41) is 3.03. The molecular weight excluding hydrogens is 100 g/mol. The number of hydrogen-bond donors (Lipinski definition) is 2. The van der Waals surface area contributed by atoms with Gasteiger partial charge in [-0.3, -0.25) is 5.32 Å². The zero-order valence-corrected chi connectivity index (χ0v) is 5.65. The van der Waals surface area contributed by atoms with Crippen molar-refractivity contribution in [3.05, 3.63) is 6.54 Å². The highest BCUT2D eigenvalue weighted by molar-refractivity contribution is 4.63. The maximum Gasteiger partial charge on any atom is 0.0546 e. The molecule has 3 N–H and O–H groups in total. The van der Waals surface area contributed by atoms with Crippen LogP contribution in [0.3, 0.4) is 0 Å². The molecule has 0 aromatic heterocycles. The van der Waals surface area contributed by atoms with Crippen molar-refractivity contribution < 1.29 is 0 Å². The SMILES string of the molecule is CC[CH]NC(N)CC. The number of rotatable bonds is 4. The fraction of sp³-hybridized carbons (Fsp3) is 0.833. The zero-order chi connectivity index (χ0) is 6.41. The summed E-state index contributed by atoms with van der Waals surface area (Å²) in [5.74, 6) is 0. The van der Waals surface area contributed by atoms with Crippen molar-refractivity contribution in [2.24, 2.45) is 5.73 Å². The van der Waals surface area contributed by atoms with Crippen LogP contribution in [-0.2, 0) is 0 Å². The van der Waals surface area contributed by atoms with Crippen molar-refractivity contribution in [3.63, 3.8) is 0 Å². The second-order valence-corrected chi connectivity index (χ2v) is 1.79. The predicted octanol–water partition coefficient (Wildman–Crippen LogP) is 0.843. The summed E-state index contributed by atoms with van der Waals surface area (Å²) in [4.78, 5) is 0. The Hall–Kier alpha value is -0.0800. The number of nitrogens with one attached hydrogen (secondary N) is 1. The summed E-state index contributed by atoms with van der Waals surface area (Å²) in [6, 6.07) is 0. The predicted molar refractivity (Wildman–Crippen MR) is 36.0 cm³/mol. The Morgan fingerprint density at radius 2 is 2.25 bits per heavy atom. The third kappa shape index (κ3) is 4.09. The molecule has 0 aromatic carbocycles. The molecule has 0 amide bonds. The molecule has 0 aliphatic heterocycles. The van der Waals surface area contributed by atoms with Crippen molar-refractivity contribution >= 4 is 0 Å². The standard InChI is InChI=1S/C6H15N2/c1-3-5-8-6(7)4-2/h5-6,8H,3-4,7H2,1-2H3. The molecule has 49 valence electrons. The van der Waals surface area contributed by atoms with Gasteiger partial charge in [0, 0.05) is 6.54 Å². The van der Waals surface area contributed by atoms with E-state index in [-0.39, 0.29) is 6.17 Å². The molecule has 1 unspecified atom stereocenters. The molecule has 0 aliphatic carbocycles. The molecule has 0 saturated carbocycles. The Balaban J connectivity index is 2.86. The van der Waals surface area contributed by atoms with E-state index in [1.165, 1.54) is 0 Å². The highest BCUT2D eigenvalue weighted by Crippen LogP contribution is 1.83. The van der Waals surface area contributed by atoms with Crippen LogP contribution in [0.25, 0.3) is 0 Å². The van der Waals surface area contributed by atoms with E-state index >= 15 is 0 Å². The van der Waals surface area contributed by atoms with Gasteiger partial charge in [0.15, 0.2) is 0 Å². The Morgan fingerprint density at radius 1 is 1.62 bits per heavy atom. The quantitative estimate of drug-likeness (QED) is 0.533. The molecule has 0 rings (SSSR count). The topological polar surface area (TPSA) is 38.0 Å². The van der Waals surface area contributed by atoms with Crippen molar-refractivity contribution in [2.75, 3.05) is 0 Å². The molecule has 2 heteroatoms. The van der Waals surface area contributed by atoms with Gasteiger partial charge in [0.25, 0.3) is 0 Å². The maximum atomic E-state index is 5.52. The molecule has 1 radical (unpaired) electrons. The van der Waals surface area contributed by atoms with Gasteiger partial charge in [-0.15, -0.1) is 0 Å². The monoisotopic (exact) mass is 115 g/mol. The van der Waals surface area contributed by atoms with Crippen LogP contribution in [0.1, 0.15) is 26.7 Å². The normalized spacial score (nSPS) is 13.9. The lowest BCUT2D eigenvalue weighted by Crippen LogP contribution is -2.34. The van der Waals surface area contributed by atoms with Gasteiger partial charge in [-0.2, -0.15) is 0 Å². The number of hydrogen-bond acceptors (Lipinski definition) is 2. The van der Waals surface area contributed by atoms with Crippen molar-refractivity contribution in [1.29, 1.82) is 0 Å². The average Bonchev–Trinajstić information content (AvgIpc) is 1.83. The Bertz CT molecular complexity index is 45.8. The molecule has 0 aliphatic rings. The highest BCUT2D eigenvalue weighted by Gasteiger charge is 1.92. The molecule has 0 fully saturated rings. The van der Waals surface area contributed by atoms with Gasteiger partial charge in [0.05, 0.1) is 6.17 Å². The summed E-state index contributed by atoms with van der Waals surface area (Å²) in [6.45, 7) is 6.12. The summed E-state index contributed by atoms with van der Waals surface area (Å²) in [7, 11) is 0. The van der Waals surface area contributed by atoms with Crippen molar-refractivity contribution in [3.8, 4) is 0 Å². The highest BCUT2D eigenvalue weighted by atomic mass is 15.0. The minimum Gasteiger partial charge on any atom is -0.316 e. The Labute approximate surface area is 51.5 Å². The fourth-order valence-corrected chi connectivity index (χ4v) is 0.387. The fourth-order valence-electron chi connectivity index (χ4n) is 0.387. The van der Waals surface area contributed by atoms with Crippen LogP contribution in [0.2, 0.25) is 0 Å². The van der Waals surface area contributed by atoms with E-state index in [1.807, 2.05) is 6.54 Å². The minimum absolute atomic E-state index is 0.148. The summed E-state index contributed by atoms with van der Waals surface area (Å²) >= 11 is 0. The first-order valence-corrected chi connectivity index (χ1v) is 3.14. The van der Waals surface area contributed by atoms with Crippen LogP contribution in [0, 0.1) is 6.54 Å². The van der Waals surface area contributed by atoms with Crippen LogP contribution >= 0.6 is 0 Å². The summed E-state index contributed by atoms with van der Waals surface area (Å²) in [6.07, 6.45) is 2.17. The average molecular weight is 115 g/mol. The lowest BCUT2D eigenvalue weighted by molar-refractivity contribution is 0.555. The minimum atomic E-state index is 0.148. The Morgan fingerprint density at radius 3 is 2.62 bits per heavy atom. The van der Waals surface area contributed by atoms with Crippen LogP contribution in [0.4, 0.5) is 0 Å². The van der Waals surface area contributed by atoms with Crippen molar-refractivity contribution in [1.82, 2.24) is 5.32 Å². The smallest absolute Gasteiger partial charge is 0.0546 e. The second kappa shape index (κ2) is 5.06. The van der Waals surface area contributed by atoms with E-state index in [2.05, 4.69) is 19.2 Å². The van der Waals surface area contributed by atoms with E-state index < -0.39 is 0 Å². The van der Waals surface area contributed by atoms with E-state index in [0.29, 0.717) is 0 Å². The zero-order valence-electron chi connectivity index (χ0n) is 5.65. The van der Waals surface area contributed by atoms with Gasteiger partial charge in [0.1, 0.15) is 0 Å². The summed E-state index contributed by atoms with van der Waals surface area (Å²) < 4.78 is 0. The van der Waals surface area contributed by atoms with Gasteiger partial charge in [0.2, 0.25) is 0 Å². The largest absolute Gasteiger partial charge is 0.316 e. The van der Waals surface area contributed by atoms with Crippen LogP contribution < -0.4 is 11.1 Å². The van der Waals surface area contributed by atoms with Gasteiger partial charge in [-0.05, 0) is 12.8 Å². The second-order valence-electron chi connectivity index (χ2n) is 1.79. The van der Waals surface area contributed by atoms with Crippen LogP contribution in [0.5, 0.6) is 0 Å². The van der Waals surface area contributed by atoms with Gasteiger partial charge in [-0.25, -0.2) is 0 Å².